The first-order chi connectivity index (χ1) is 24.8. The fourth-order valence-corrected chi connectivity index (χ4v) is 10.1. The van der Waals surface area contributed by atoms with Crippen molar-refractivity contribution in [2.24, 2.45) is 23.7 Å². The molecule has 0 fully saturated rings. The Kier molecular flexibility index (Phi) is 7.30. The van der Waals surface area contributed by atoms with Crippen LogP contribution in [0.4, 0.5) is 0 Å². The summed E-state index contributed by atoms with van der Waals surface area (Å²) in [6.45, 7) is 0. The van der Waals surface area contributed by atoms with Crippen LogP contribution in [0, 0.1) is 23.7 Å². The first-order valence-corrected chi connectivity index (χ1v) is 18.8. The summed E-state index contributed by atoms with van der Waals surface area (Å²) in [5, 5.41) is 5.67. The van der Waals surface area contributed by atoms with Crippen LogP contribution < -0.4 is 20.9 Å². The maximum atomic E-state index is 2.57. The summed E-state index contributed by atoms with van der Waals surface area (Å²) in [4.78, 5) is 0. The number of allylic oxidation sites excluding steroid dienone is 18. The summed E-state index contributed by atoms with van der Waals surface area (Å²) in [5.74, 6) is 1.39. The van der Waals surface area contributed by atoms with Gasteiger partial charge in [-0.3, -0.25) is 0 Å². The normalized spacial score (nSPS) is 26.0. The van der Waals surface area contributed by atoms with E-state index in [1.165, 1.54) is 60.7 Å². The van der Waals surface area contributed by atoms with Gasteiger partial charge in [0.05, 0.1) is 0 Å². The number of hydrogen-bond acceptors (Lipinski definition) is 0. The van der Waals surface area contributed by atoms with Gasteiger partial charge in [-0.1, -0.05) is 158 Å². The van der Waals surface area contributed by atoms with E-state index in [0.29, 0.717) is 23.7 Å². The van der Waals surface area contributed by atoms with Crippen LogP contribution in [0.25, 0.3) is 22.3 Å². The van der Waals surface area contributed by atoms with Crippen molar-refractivity contribution in [2.75, 3.05) is 0 Å². The molecule has 0 saturated heterocycles. The lowest BCUT2D eigenvalue weighted by atomic mass is 9.66. The van der Waals surface area contributed by atoms with Crippen LogP contribution in [0.1, 0.15) is 44.1 Å². The van der Waals surface area contributed by atoms with E-state index in [2.05, 4.69) is 158 Å². The van der Waals surface area contributed by atoms with E-state index in [4.69, 9.17) is 0 Å². The summed E-state index contributed by atoms with van der Waals surface area (Å²) in [7, 11) is 0. The number of benzene rings is 3. The van der Waals surface area contributed by atoms with Crippen LogP contribution >= 0.6 is 0 Å². The summed E-state index contributed by atoms with van der Waals surface area (Å²) in [5.41, 5.74) is 15.1. The molecular weight excluding hydrogens is 601 g/mol. The average molecular weight is 643 g/mol. The van der Waals surface area contributed by atoms with Crippen molar-refractivity contribution in [3.05, 3.63) is 212 Å². The molecule has 0 nitrogen and oxygen atoms in total. The fraction of sp³-hybridized carbons (Fsp3) is 0.200. The first kappa shape index (κ1) is 29.7. The second-order valence-electron chi connectivity index (χ2n) is 14.8. The Morgan fingerprint density at radius 3 is 1.40 bits per heavy atom. The molecule has 0 heterocycles. The zero-order valence-electron chi connectivity index (χ0n) is 28.6. The van der Waals surface area contributed by atoms with Gasteiger partial charge in [-0.2, -0.15) is 0 Å². The molecule has 0 radical (unpaired) electrons. The molecule has 242 valence electrons. The van der Waals surface area contributed by atoms with E-state index in [1.54, 1.807) is 22.3 Å². The number of hydrogen-bond donors (Lipinski definition) is 0. The number of fused-ring (bicyclic) bond motifs is 4. The molecule has 0 spiro atoms. The molecular formula is C50H42. The predicted octanol–water partition coefficient (Wildman–Crippen LogP) is 8.80. The second-order valence-corrected chi connectivity index (χ2v) is 14.8. The monoisotopic (exact) mass is 642 g/mol. The molecule has 3 aromatic rings. The lowest BCUT2D eigenvalue weighted by molar-refractivity contribution is 0.667. The van der Waals surface area contributed by atoms with Gasteiger partial charge in [0.1, 0.15) is 0 Å². The van der Waals surface area contributed by atoms with Crippen molar-refractivity contribution in [3.8, 4) is 0 Å². The molecule has 0 N–H and O–H groups in total. The maximum absolute atomic E-state index is 2.57. The quantitative estimate of drug-likeness (QED) is 0.267. The van der Waals surface area contributed by atoms with Gasteiger partial charge >= 0.3 is 0 Å². The molecule has 0 heteroatoms. The van der Waals surface area contributed by atoms with Crippen molar-refractivity contribution >= 4 is 22.3 Å². The SMILES string of the molecule is C1=CC2C(C3=CC=C(C4=c5ccccc5=C(c5ccccc5)C5C=CC=CC45)CC3)=c3ccccc3=C(C3=CC4=C(C=CCC4)CC3)C2C=C1. The Balaban J connectivity index is 1.15. The van der Waals surface area contributed by atoms with Crippen LogP contribution in [-0.4, -0.2) is 0 Å². The van der Waals surface area contributed by atoms with Gasteiger partial charge in [-0.15, -0.1) is 0 Å². The van der Waals surface area contributed by atoms with Gasteiger partial charge in [-0.25, -0.2) is 0 Å². The molecule has 0 saturated carbocycles. The van der Waals surface area contributed by atoms with Crippen molar-refractivity contribution in [3.63, 3.8) is 0 Å². The Labute approximate surface area is 295 Å². The molecule has 0 bridgehead atoms. The van der Waals surface area contributed by atoms with Gasteiger partial charge in [0.2, 0.25) is 0 Å². The summed E-state index contributed by atoms with van der Waals surface area (Å²) in [6.07, 6.45) is 38.0. The molecule has 50 heavy (non-hydrogen) atoms. The minimum absolute atomic E-state index is 0.331. The lowest BCUT2D eigenvalue weighted by Gasteiger charge is -2.37. The number of rotatable bonds is 4. The maximum Gasteiger partial charge on any atom is 0.0137 e. The van der Waals surface area contributed by atoms with Crippen LogP contribution in [0.15, 0.2) is 186 Å². The molecule has 4 unspecified atom stereocenters. The highest BCUT2D eigenvalue weighted by molar-refractivity contribution is 5.84. The second kappa shape index (κ2) is 12.3. The van der Waals surface area contributed by atoms with Crippen LogP contribution in [0.5, 0.6) is 0 Å². The minimum atomic E-state index is 0.331. The van der Waals surface area contributed by atoms with Gasteiger partial charge in [-0.05, 0) is 115 Å². The van der Waals surface area contributed by atoms with Crippen LogP contribution in [-0.2, 0) is 0 Å². The third kappa shape index (κ3) is 4.80. The van der Waals surface area contributed by atoms with E-state index in [-0.39, 0.29) is 0 Å². The minimum Gasteiger partial charge on any atom is -0.0839 e. The fourth-order valence-electron chi connectivity index (χ4n) is 10.1. The van der Waals surface area contributed by atoms with Crippen molar-refractivity contribution in [1.29, 1.82) is 0 Å². The van der Waals surface area contributed by atoms with Crippen molar-refractivity contribution in [1.82, 2.24) is 0 Å². The molecule has 0 aliphatic heterocycles. The molecule has 10 rings (SSSR count). The van der Waals surface area contributed by atoms with Gasteiger partial charge in [0.25, 0.3) is 0 Å². The molecule has 3 aromatic carbocycles. The highest BCUT2D eigenvalue weighted by Crippen LogP contribution is 2.47. The van der Waals surface area contributed by atoms with E-state index in [1.807, 2.05) is 0 Å². The third-order valence-electron chi connectivity index (χ3n) is 12.2. The van der Waals surface area contributed by atoms with Crippen LogP contribution in [0.2, 0.25) is 0 Å². The molecule has 4 atom stereocenters. The zero-order valence-corrected chi connectivity index (χ0v) is 28.6. The molecule has 7 aliphatic rings. The largest absolute Gasteiger partial charge is 0.0839 e. The Morgan fingerprint density at radius 2 is 0.860 bits per heavy atom. The molecule has 7 aliphatic carbocycles. The van der Waals surface area contributed by atoms with E-state index >= 15 is 0 Å². The Morgan fingerprint density at radius 1 is 0.400 bits per heavy atom. The van der Waals surface area contributed by atoms with E-state index < -0.39 is 0 Å². The average Bonchev–Trinajstić information content (AvgIpc) is 3.19. The smallest absolute Gasteiger partial charge is 0.0137 e. The Hall–Kier alpha value is -5.20. The zero-order chi connectivity index (χ0) is 33.0. The predicted molar refractivity (Wildman–Crippen MR) is 209 cm³/mol. The summed E-state index contributed by atoms with van der Waals surface area (Å²) in [6, 6.07) is 29.5. The highest BCUT2D eigenvalue weighted by Gasteiger charge is 2.36. The molecule has 0 aromatic heterocycles. The van der Waals surface area contributed by atoms with E-state index in [0.717, 1.165) is 32.1 Å². The highest BCUT2D eigenvalue weighted by atomic mass is 14.4. The van der Waals surface area contributed by atoms with Gasteiger partial charge in [0.15, 0.2) is 0 Å². The van der Waals surface area contributed by atoms with Gasteiger partial charge < -0.3 is 0 Å². The lowest BCUT2D eigenvalue weighted by Crippen LogP contribution is -2.41. The third-order valence-corrected chi connectivity index (χ3v) is 12.2. The topological polar surface area (TPSA) is 0 Å². The Bertz CT molecular complexity index is 2480. The standard InChI is InChI=1S/C50H42/c1-2-15-34(16-3-1)47-39-18-6-8-20-41(39)48(42-21-9-7-19-40(42)47)35-27-29-36(30-28-35)49-43-22-10-12-24-45(43)50(46-25-13-11-23-44(46)49)38-31-26-33-14-4-5-17-37(33)32-38/h1-4,6-16,18-25,27,29,32,39,41,43,45H,5,17,26,28,30-31H2. The van der Waals surface area contributed by atoms with Crippen molar-refractivity contribution in [2.45, 2.75) is 38.5 Å². The first-order valence-electron chi connectivity index (χ1n) is 18.8. The van der Waals surface area contributed by atoms with Crippen LogP contribution in [0.3, 0.4) is 0 Å². The van der Waals surface area contributed by atoms with E-state index in [9.17, 15) is 0 Å². The van der Waals surface area contributed by atoms with Crippen molar-refractivity contribution < 1.29 is 0 Å². The summed E-state index contributed by atoms with van der Waals surface area (Å²) < 4.78 is 0. The molecule has 0 amide bonds. The summed E-state index contributed by atoms with van der Waals surface area (Å²) >= 11 is 0. The van der Waals surface area contributed by atoms with Gasteiger partial charge in [0, 0.05) is 23.7 Å².